The molecule has 33 heavy (non-hydrogen) atoms. The molecule has 2 aromatic rings. The topological polar surface area (TPSA) is 86.8 Å². The Hall–Kier alpha value is -1.71. The number of hydrogen-bond donors (Lipinski definition) is 1. The van der Waals surface area contributed by atoms with Crippen LogP contribution < -0.4 is 9.62 Å². The van der Waals surface area contributed by atoms with Crippen molar-refractivity contribution in [3.8, 4) is 0 Å². The van der Waals surface area contributed by atoms with Crippen molar-refractivity contribution >= 4 is 73.9 Å². The molecule has 180 valence electrons. The third kappa shape index (κ3) is 7.13. The number of rotatable bonds is 9. The van der Waals surface area contributed by atoms with Gasteiger partial charge in [0.15, 0.2) is 0 Å². The Bertz CT molecular complexity index is 1140. The third-order valence-corrected chi connectivity index (χ3v) is 7.10. The molecule has 0 unspecified atom stereocenters. The van der Waals surface area contributed by atoms with Crippen LogP contribution in [0.3, 0.4) is 0 Å². The number of carbonyl (C=O) groups is 2. The normalized spacial score (nSPS) is 12.2. The first-order valence-corrected chi connectivity index (χ1v) is 13.1. The number of amides is 2. The maximum Gasteiger partial charge on any atom is 0.244 e. The van der Waals surface area contributed by atoms with Crippen LogP contribution in [0.15, 0.2) is 36.4 Å². The fourth-order valence-corrected chi connectivity index (χ4v) is 5.09. The summed E-state index contributed by atoms with van der Waals surface area (Å²) in [5, 5.41) is 3.64. The molecular weight excluding hydrogens is 532 g/mol. The van der Waals surface area contributed by atoms with Crippen LogP contribution in [0.1, 0.15) is 18.9 Å². The minimum Gasteiger partial charge on any atom is -0.357 e. The number of nitrogens with zero attached hydrogens (tertiary/aromatic N) is 2. The number of halogens is 4. The minimum atomic E-state index is -3.91. The van der Waals surface area contributed by atoms with Crippen LogP contribution in [0.5, 0.6) is 0 Å². The van der Waals surface area contributed by atoms with Crippen molar-refractivity contribution < 1.29 is 18.0 Å². The second-order valence-corrected chi connectivity index (χ2v) is 10.8. The van der Waals surface area contributed by atoms with E-state index in [1.54, 1.807) is 19.1 Å². The van der Waals surface area contributed by atoms with Gasteiger partial charge in [-0.2, -0.15) is 0 Å². The maximum absolute atomic E-state index is 13.5. The Morgan fingerprint density at radius 2 is 1.58 bits per heavy atom. The molecule has 2 amide bonds. The van der Waals surface area contributed by atoms with Crippen molar-refractivity contribution in [3.63, 3.8) is 0 Å². The van der Waals surface area contributed by atoms with Crippen LogP contribution in [0, 0.1) is 0 Å². The Morgan fingerprint density at radius 1 is 1.00 bits per heavy atom. The zero-order valence-electron chi connectivity index (χ0n) is 18.1. The number of benzene rings is 2. The molecule has 0 heterocycles. The van der Waals surface area contributed by atoms with Crippen LogP contribution in [-0.4, -0.2) is 51.0 Å². The van der Waals surface area contributed by atoms with Crippen LogP contribution in [0.2, 0.25) is 20.1 Å². The molecule has 0 aliphatic carbocycles. The average molecular weight is 555 g/mol. The van der Waals surface area contributed by atoms with E-state index in [2.05, 4.69) is 5.32 Å². The molecule has 0 aliphatic rings. The summed E-state index contributed by atoms with van der Waals surface area (Å²) in [5.74, 6) is -1.01. The van der Waals surface area contributed by atoms with E-state index in [0.717, 1.165) is 10.6 Å². The van der Waals surface area contributed by atoms with Crippen molar-refractivity contribution in [2.24, 2.45) is 0 Å². The van der Waals surface area contributed by atoms with Gasteiger partial charge in [-0.3, -0.25) is 13.9 Å². The monoisotopic (exact) mass is 553 g/mol. The quantitative estimate of drug-likeness (QED) is 0.490. The molecule has 12 heteroatoms. The van der Waals surface area contributed by atoms with Gasteiger partial charge in [0.2, 0.25) is 21.8 Å². The molecule has 0 aliphatic heterocycles. The second kappa shape index (κ2) is 11.6. The van der Waals surface area contributed by atoms with Crippen molar-refractivity contribution in [1.82, 2.24) is 10.2 Å². The zero-order valence-corrected chi connectivity index (χ0v) is 22.0. The van der Waals surface area contributed by atoms with Gasteiger partial charge in [-0.1, -0.05) is 59.4 Å². The number of hydrogen-bond acceptors (Lipinski definition) is 4. The number of carbonyl (C=O) groups excluding carboxylic acids is 2. The highest BCUT2D eigenvalue weighted by atomic mass is 35.5. The molecule has 0 aromatic heterocycles. The molecule has 2 aromatic carbocycles. The number of likely N-dealkylation sites (N-methyl/N-ethyl adjacent to an activating group) is 1. The number of anilines is 1. The molecule has 0 radical (unpaired) electrons. The van der Waals surface area contributed by atoms with E-state index in [1.807, 2.05) is 0 Å². The standard InChI is InChI=1S/C21H23Cl4N3O4S/c1-4-18(21(30)26-2)27(11-13-5-6-14(22)9-16(13)24)20(29)12-28(33(3,31)32)19-8-7-15(23)10-17(19)25/h5-10,18H,4,11-12H2,1-3H3,(H,26,30)/t18-/m1/s1. The Labute approximate surface area is 213 Å². The predicted octanol–water partition coefficient (Wildman–Crippen LogP) is 4.62. The number of nitrogens with one attached hydrogen (secondary N) is 1. The lowest BCUT2D eigenvalue weighted by molar-refractivity contribution is -0.140. The molecule has 0 saturated carbocycles. The molecule has 0 fully saturated rings. The average Bonchev–Trinajstić information content (AvgIpc) is 2.72. The second-order valence-electron chi connectivity index (χ2n) is 7.16. The molecule has 2 rings (SSSR count). The maximum atomic E-state index is 13.5. The Morgan fingerprint density at radius 3 is 2.06 bits per heavy atom. The van der Waals surface area contributed by atoms with Gasteiger partial charge >= 0.3 is 0 Å². The predicted molar refractivity (Wildman–Crippen MR) is 134 cm³/mol. The van der Waals surface area contributed by atoms with Gasteiger partial charge in [0.05, 0.1) is 17.0 Å². The lowest BCUT2D eigenvalue weighted by atomic mass is 10.1. The van der Waals surface area contributed by atoms with Gasteiger partial charge in [0, 0.05) is 28.7 Å². The summed E-state index contributed by atoms with van der Waals surface area (Å²) in [5.41, 5.74) is 0.640. The molecule has 0 saturated heterocycles. The SMILES string of the molecule is CC[C@H](C(=O)NC)N(Cc1ccc(Cl)cc1Cl)C(=O)CN(c1ccc(Cl)cc1Cl)S(C)(=O)=O. The highest BCUT2D eigenvalue weighted by molar-refractivity contribution is 7.92. The van der Waals surface area contributed by atoms with Crippen molar-refractivity contribution in [2.75, 3.05) is 24.2 Å². The summed E-state index contributed by atoms with van der Waals surface area (Å²) >= 11 is 24.4. The number of sulfonamides is 1. The van der Waals surface area contributed by atoms with E-state index < -0.39 is 34.4 Å². The lowest BCUT2D eigenvalue weighted by Crippen LogP contribution is -2.51. The smallest absolute Gasteiger partial charge is 0.244 e. The van der Waals surface area contributed by atoms with Crippen LogP contribution in [0.25, 0.3) is 0 Å². The Kier molecular flexibility index (Phi) is 9.70. The Balaban J connectivity index is 2.49. The van der Waals surface area contributed by atoms with Gasteiger partial charge in [-0.25, -0.2) is 8.42 Å². The highest BCUT2D eigenvalue weighted by Gasteiger charge is 2.32. The molecular formula is C21H23Cl4N3O4S. The van der Waals surface area contributed by atoms with E-state index in [0.29, 0.717) is 20.6 Å². The summed E-state index contributed by atoms with van der Waals surface area (Å²) in [6, 6.07) is 8.18. The summed E-state index contributed by atoms with van der Waals surface area (Å²) in [6.07, 6.45) is 1.25. The first-order valence-electron chi connectivity index (χ1n) is 9.76. The minimum absolute atomic E-state index is 0.0350. The van der Waals surface area contributed by atoms with E-state index in [-0.39, 0.29) is 23.7 Å². The van der Waals surface area contributed by atoms with E-state index >= 15 is 0 Å². The van der Waals surface area contributed by atoms with Crippen LogP contribution in [-0.2, 0) is 26.2 Å². The zero-order chi connectivity index (χ0) is 24.9. The summed E-state index contributed by atoms with van der Waals surface area (Å²) in [7, 11) is -2.45. The highest BCUT2D eigenvalue weighted by Crippen LogP contribution is 2.31. The van der Waals surface area contributed by atoms with E-state index in [4.69, 9.17) is 46.4 Å². The van der Waals surface area contributed by atoms with Crippen molar-refractivity contribution in [3.05, 3.63) is 62.1 Å². The molecule has 0 bridgehead atoms. The van der Waals surface area contributed by atoms with Crippen LogP contribution >= 0.6 is 46.4 Å². The van der Waals surface area contributed by atoms with Gasteiger partial charge in [-0.05, 0) is 42.3 Å². The summed E-state index contributed by atoms with van der Waals surface area (Å²) < 4.78 is 26.0. The van der Waals surface area contributed by atoms with E-state index in [9.17, 15) is 18.0 Å². The lowest BCUT2D eigenvalue weighted by Gasteiger charge is -2.33. The van der Waals surface area contributed by atoms with Crippen molar-refractivity contribution in [2.45, 2.75) is 25.9 Å². The fourth-order valence-electron chi connectivity index (χ4n) is 3.20. The molecule has 0 spiro atoms. The van der Waals surface area contributed by atoms with Gasteiger partial charge in [-0.15, -0.1) is 0 Å². The van der Waals surface area contributed by atoms with Crippen molar-refractivity contribution in [1.29, 1.82) is 0 Å². The van der Waals surface area contributed by atoms with E-state index in [1.165, 1.54) is 36.2 Å². The molecule has 1 atom stereocenters. The van der Waals surface area contributed by atoms with Gasteiger partial charge < -0.3 is 10.2 Å². The molecule has 7 nitrogen and oxygen atoms in total. The van der Waals surface area contributed by atoms with Crippen LogP contribution in [0.4, 0.5) is 5.69 Å². The largest absolute Gasteiger partial charge is 0.357 e. The third-order valence-electron chi connectivity index (χ3n) is 4.85. The first kappa shape index (κ1) is 27.5. The molecule has 1 N–H and O–H groups in total. The summed E-state index contributed by atoms with van der Waals surface area (Å²) in [4.78, 5) is 27.3. The van der Waals surface area contributed by atoms with Gasteiger partial charge in [0.1, 0.15) is 12.6 Å². The fraction of sp³-hybridized carbons (Fsp3) is 0.333. The first-order chi connectivity index (χ1) is 15.4. The summed E-state index contributed by atoms with van der Waals surface area (Å²) in [6.45, 7) is 1.12. The van der Waals surface area contributed by atoms with Gasteiger partial charge in [0.25, 0.3) is 0 Å².